The van der Waals surface area contributed by atoms with E-state index in [1.807, 2.05) is 56.3 Å². The summed E-state index contributed by atoms with van der Waals surface area (Å²) in [4.78, 5) is 4.27. The van der Waals surface area contributed by atoms with Gasteiger partial charge in [-0.15, -0.1) is 0 Å². The van der Waals surface area contributed by atoms with Crippen LogP contribution in [0.4, 0.5) is 5.82 Å². The Bertz CT molecular complexity index is 812. The van der Waals surface area contributed by atoms with Crippen molar-refractivity contribution < 1.29 is 8.42 Å². The average Bonchev–Trinajstić information content (AvgIpc) is 2.63. The summed E-state index contributed by atoms with van der Waals surface area (Å²) in [5, 5.41) is 4.03. The van der Waals surface area contributed by atoms with Crippen LogP contribution in [0.15, 0.2) is 64.7 Å². The number of nitrogens with zero attached hydrogens (tertiary/aromatic N) is 3. The fourth-order valence-electron chi connectivity index (χ4n) is 2.18. The zero-order valence-corrected chi connectivity index (χ0v) is 15.1. The molecule has 0 aliphatic rings. The SMILES string of the molecule is CCN(CC)S(=O)(=O)c1ccc(NN=CC=Cc2ccccc2)nc1. The van der Waals surface area contributed by atoms with Crippen LogP contribution in [0.2, 0.25) is 0 Å². The molecule has 2 rings (SSSR count). The monoisotopic (exact) mass is 358 g/mol. The van der Waals surface area contributed by atoms with Crippen molar-refractivity contribution >= 4 is 28.1 Å². The molecule has 0 unspecified atom stereocenters. The van der Waals surface area contributed by atoms with Crippen molar-refractivity contribution in [3.05, 3.63) is 60.3 Å². The lowest BCUT2D eigenvalue weighted by Crippen LogP contribution is -2.30. The molecule has 7 heteroatoms. The minimum atomic E-state index is -3.48. The maximum Gasteiger partial charge on any atom is 0.244 e. The summed E-state index contributed by atoms with van der Waals surface area (Å²) < 4.78 is 26.1. The van der Waals surface area contributed by atoms with Crippen LogP contribution >= 0.6 is 0 Å². The topological polar surface area (TPSA) is 74.7 Å². The van der Waals surface area contributed by atoms with E-state index in [1.54, 1.807) is 12.3 Å². The molecular formula is C18H22N4O2S. The maximum absolute atomic E-state index is 12.4. The maximum atomic E-state index is 12.4. The van der Waals surface area contributed by atoms with Gasteiger partial charge in [-0.05, 0) is 23.8 Å². The molecule has 1 aromatic carbocycles. The first-order chi connectivity index (χ1) is 12.1. The summed E-state index contributed by atoms with van der Waals surface area (Å²) in [6.07, 6.45) is 6.68. The van der Waals surface area contributed by atoms with Gasteiger partial charge in [0.2, 0.25) is 10.0 Å². The van der Waals surface area contributed by atoms with Crippen molar-refractivity contribution in [3.8, 4) is 0 Å². The van der Waals surface area contributed by atoms with Gasteiger partial charge in [0.25, 0.3) is 0 Å². The number of nitrogens with one attached hydrogen (secondary N) is 1. The van der Waals surface area contributed by atoms with Crippen LogP contribution in [0.25, 0.3) is 6.08 Å². The third-order valence-electron chi connectivity index (χ3n) is 3.51. The molecule has 0 atom stereocenters. The summed E-state index contributed by atoms with van der Waals surface area (Å²) in [6.45, 7) is 4.47. The van der Waals surface area contributed by atoms with Crippen molar-refractivity contribution in [3.63, 3.8) is 0 Å². The molecule has 0 saturated heterocycles. The molecule has 1 heterocycles. The van der Waals surface area contributed by atoms with Gasteiger partial charge in [0, 0.05) is 25.5 Å². The predicted molar refractivity (Wildman–Crippen MR) is 102 cm³/mol. The van der Waals surface area contributed by atoms with Gasteiger partial charge >= 0.3 is 0 Å². The lowest BCUT2D eigenvalue weighted by Gasteiger charge is -2.18. The largest absolute Gasteiger partial charge is 0.261 e. The fraction of sp³-hybridized carbons (Fsp3) is 0.222. The molecule has 0 aliphatic heterocycles. The number of pyridine rings is 1. The molecule has 0 amide bonds. The average molecular weight is 358 g/mol. The van der Waals surface area contributed by atoms with Gasteiger partial charge < -0.3 is 0 Å². The number of allylic oxidation sites excluding steroid dienone is 1. The zero-order chi connectivity index (χ0) is 18.1. The van der Waals surface area contributed by atoms with Crippen molar-refractivity contribution in [2.75, 3.05) is 18.5 Å². The van der Waals surface area contributed by atoms with E-state index in [1.165, 1.54) is 16.6 Å². The van der Waals surface area contributed by atoms with Crippen LogP contribution in [0.5, 0.6) is 0 Å². The van der Waals surface area contributed by atoms with Crippen molar-refractivity contribution in [1.29, 1.82) is 0 Å². The van der Waals surface area contributed by atoms with Crippen molar-refractivity contribution in [1.82, 2.24) is 9.29 Å². The summed E-state index contributed by atoms with van der Waals surface area (Å²) in [7, 11) is -3.48. The van der Waals surface area contributed by atoms with Crippen LogP contribution in [0, 0.1) is 0 Å². The Labute approximate surface area is 149 Å². The Morgan fingerprint density at radius 1 is 1.12 bits per heavy atom. The molecule has 0 aliphatic carbocycles. The quantitative estimate of drug-likeness (QED) is 0.581. The molecule has 2 aromatic rings. The summed E-state index contributed by atoms with van der Waals surface area (Å²) >= 11 is 0. The second-order valence-electron chi connectivity index (χ2n) is 5.13. The van der Waals surface area contributed by atoms with Gasteiger partial charge in [-0.2, -0.15) is 9.41 Å². The summed E-state index contributed by atoms with van der Waals surface area (Å²) in [5.41, 5.74) is 3.85. The third-order valence-corrected chi connectivity index (χ3v) is 5.54. The van der Waals surface area contributed by atoms with E-state index in [2.05, 4.69) is 15.5 Å². The number of hydrazone groups is 1. The van der Waals surface area contributed by atoms with Gasteiger partial charge in [-0.3, -0.25) is 5.43 Å². The molecule has 132 valence electrons. The molecule has 1 N–H and O–H groups in total. The standard InChI is InChI=1S/C18H22N4O2S/c1-3-22(4-2)25(23,24)17-12-13-18(19-15-17)21-20-14-8-11-16-9-6-5-7-10-16/h5-15H,3-4H2,1-2H3,(H,19,21). The molecule has 0 saturated carbocycles. The summed E-state index contributed by atoms with van der Waals surface area (Å²) in [5.74, 6) is 0.475. The molecule has 0 spiro atoms. The lowest BCUT2D eigenvalue weighted by molar-refractivity contribution is 0.445. The summed E-state index contributed by atoms with van der Waals surface area (Å²) in [6, 6.07) is 13.0. The van der Waals surface area contributed by atoms with E-state index in [0.717, 1.165) is 5.56 Å². The number of hydrogen-bond acceptors (Lipinski definition) is 5. The normalized spacial score (nSPS) is 12.3. The molecule has 0 bridgehead atoms. The second-order valence-corrected chi connectivity index (χ2v) is 7.07. The van der Waals surface area contributed by atoms with E-state index in [-0.39, 0.29) is 4.90 Å². The number of anilines is 1. The van der Waals surface area contributed by atoms with Crippen molar-refractivity contribution in [2.24, 2.45) is 5.10 Å². The first-order valence-corrected chi connectivity index (χ1v) is 9.49. The van der Waals surface area contributed by atoms with E-state index in [4.69, 9.17) is 0 Å². The Hall–Kier alpha value is -2.51. The van der Waals surface area contributed by atoms with Crippen LogP contribution < -0.4 is 5.43 Å². The number of hydrogen-bond donors (Lipinski definition) is 1. The van der Waals surface area contributed by atoms with E-state index in [0.29, 0.717) is 18.9 Å². The highest BCUT2D eigenvalue weighted by Crippen LogP contribution is 2.15. The van der Waals surface area contributed by atoms with Crippen molar-refractivity contribution in [2.45, 2.75) is 18.7 Å². The van der Waals surface area contributed by atoms with Gasteiger partial charge in [-0.25, -0.2) is 13.4 Å². The van der Waals surface area contributed by atoms with E-state index in [9.17, 15) is 8.42 Å². The zero-order valence-electron chi connectivity index (χ0n) is 14.3. The van der Waals surface area contributed by atoms with Crippen LogP contribution in [0.3, 0.4) is 0 Å². The van der Waals surface area contributed by atoms with Gasteiger partial charge in [0.1, 0.15) is 10.7 Å². The van der Waals surface area contributed by atoms with Crippen LogP contribution in [0.1, 0.15) is 19.4 Å². The Morgan fingerprint density at radius 2 is 1.84 bits per heavy atom. The first-order valence-electron chi connectivity index (χ1n) is 8.05. The lowest BCUT2D eigenvalue weighted by atomic mass is 10.2. The van der Waals surface area contributed by atoms with Gasteiger partial charge in [0.15, 0.2) is 0 Å². The van der Waals surface area contributed by atoms with Crippen LogP contribution in [-0.4, -0.2) is 37.0 Å². The third kappa shape index (κ3) is 5.23. The Morgan fingerprint density at radius 3 is 2.44 bits per heavy atom. The molecule has 0 fully saturated rings. The van der Waals surface area contributed by atoms with E-state index < -0.39 is 10.0 Å². The Kier molecular flexibility index (Phi) is 6.85. The molecular weight excluding hydrogens is 336 g/mol. The highest BCUT2D eigenvalue weighted by molar-refractivity contribution is 7.89. The van der Waals surface area contributed by atoms with Gasteiger partial charge in [-0.1, -0.05) is 50.3 Å². The highest BCUT2D eigenvalue weighted by Gasteiger charge is 2.21. The predicted octanol–water partition coefficient (Wildman–Crippen LogP) is 3.22. The molecule has 1 aromatic heterocycles. The number of rotatable bonds is 8. The fourth-order valence-corrected chi connectivity index (χ4v) is 3.58. The minimum Gasteiger partial charge on any atom is -0.261 e. The highest BCUT2D eigenvalue weighted by atomic mass is 32.2. The molecule has 6 nitrogen and oxygen atoms in total. The van der Waals surface area contributed by atoms with Gasteiger partial charge in [0.05, 0.1) is 0 Å². The molecule has 0 radical (unpaired) electrons. The number of sulfonamides is 1. The number of benzene rings is 1. The van der Waals surface area contributed by atoms with E-state index >= 15 is 0 Å². The second kappa shape index (κ2) is 9.10. The number of aromatic nitrogens is 1. The minimum absolute atomic E-state index is 0.176. The van der Waals surface area contributed by atoms with Crippen LogP contribution in [-0.2, 0) is 10.0 Å². The molecule has 25 heavy (non-hydrogen) atoms. The first kappa shape index (κ1) is 18.8. The Balaban J connectivity index is 1.96. The smallest absolute Gasteiger partial charge is 0.244 e.